The third-order valence-electron chi connectivity index (χ3n) is 2.94. The number of halogens is 1. The average Bonchev–Trinajstić information content (AvgIpc) is 2.90. The second kappa shape index (κ2) is 5.85. The van der Waals surface area contributed by atoms with Crippen molar-refractivity contribution < 1.29 is 13.5 Å². The number of aromatic hydroxyl groups is 1. The maximum absolute atomic E-state index is 11.4. The molecule has 10 heteroatoms. The highest BCUT2D eigenvalue weighted by molar-refractivity contribution is 7.89. The number of azo groups is 1. The van der Waals surface area contributed by atoms with E-state index in [2.05, 4.69) is 14.6 Å². The molecule has 118 valence electrons. The molecule has 2 aromatic carbocycles. The molecule has 1 heterocycles. The smallest absolute Gasteiger partial charge is 0.238 e. The molecule has 0 atom stereocenters. The van der Waals surface area contributed by atoms with E-state index < -0.39 is 10.0 Å². The molecule has 0 amide bonds. The van der Waals surface area contributed by atoms with Gasteiger partial charge in [-0.05, 0) is 47.9 Å². The molecule has 0 aliphatic carbocycles. The van der Waals surface area contributed by atoms with Gasteiger partial charge in [-0.15, -0.1) is 10.2 Å². The topological polar surface area (TPSA) is 118 Å². The molecule has 3 rings (SSSR count). The molecular weight excluding hydrogens is 360 g/mol. The number of benzene rings is 2. The van der Waals surface area contributed by atoms with Crippen LogP contribution in [0.1, 0.15) is 0 Å². The summed E-state index contributed by atoms with van der Waals surface area (Å²) in [5, 5.41) is 23.7. The van der Waals surface area contributed by atoms with E-state index in [-0.39, 0.29) is 15.7 Å². The molecule has 3 aromatic rings. The highest BCUT2D eigenvalue weighted by Gasteiger charge is 2.12. The van der Waals surface area contributed by atoms with E-state index in [1.165, 1.54) is 24.3 Å². The van der Waals surface area contributed by atoms with Crippen LogP contribution < -0.4 is 5.14 Å². The van der Waals surface area contributed by atoms with Crippen LogP contribution in [0.25, 0.3) is 10.9 Å². The zero-order valence-electron chi connectivity index (χ0n) is 11.3. The van der Waals surface area contributed by atoms with E-state index in [9.17, 15) is 13.5 Å². The molecule has 3 N–H and O–H groups in total. The van der Waals surface area contributed by atoms with Gasteiger partial charge in [-0.3, -0.25) is 0 Å². The number of phenolic OH excluding ortho intramolecular Hbond substituents is 1. The second-order valence-corrected chi connectivity index (χ2v) is 7.27. The Balaban J connectivity index is 2.02. The summed E-state index contributed by atoms with van der Waals surface area (Å²) in [4.78, 5) is -0.0191. The van der Waals surface area contributed by atoms with Gasteiger partial charge in [-0.2, -0.15) is 4.37 Å². The predicted molar refractivity (Wildman–Crippen MR) is 88.3 cm³/mol. The monoisotopic (exact) mass is 368 g/mol. The van der Waals surface area contributed by atoms with Crippen LogP contribution in [0, 0.1) is 0 Å². The highest BCUT2D eigenvalue weighted by atomic mass is 35.5. The van der Waals surface area contributed by atoms with Crippen LogP contribution in [0.2, 0.25) is 5.02 Å². The van der Waals surface area contributed by atoms with Gasteiger partial charge < -0.3 is 5.11 Å². The summed E-state index contributed by atoms with van der Waals surface area (Å²) in [6.45, 7) is 0. The van der Waals surface area contributed by atoms with Crippen LogP contribution in [0.3, 0.4) is 0 Å². The number of hydrogen-bond donors (Lipinski definition) is 2. The number of nitrogens with two attached hydrogens (primary N) is 1. The minimum absolute atomic E-state index is 0.0191. The van der Waals surface area contributed by atoms with E-state index >= 15 is 0 Å². The van der Waals surface area contributed by atoms with Crippen molar-refractivity contribution in [2.24, 2.45) is 15.4 Å². The van der Waals surface area contributed by atoms with Crippen molar-refractivity contribution in [1.82, 2.24) is 4.37 Å². The Morgan fingerprint density at radius 3 is 2.65 bits per heavy atom. The molecule has 0 aliphatic rings. The van der Waals surface area contributed by atoms with Crippen LogP contribution in [-0.4, -0.2) is 17.9 Å². The Bertz CT molecular complexity index is 1030. The van der Waals surface area contributed by atoms with Gasteiger partial charge in [-0.1, -0.05) is 11.6 Å². The normalized spacial score (nSPS) is 12.3. The molecule has 1 aromatic heterocycles. The summed E-state index contributed by atoms with van der Waals surface area (Å²) in [6.07, 6.45) is 0. The van der Waals surface area contributed by atoms with E-state index in [1.807, 2.05) is 0 Å². The van der Waals surface area contributed by atoms with Crippen molar-refractivity contribution in [3.63, 3.8) is 0 Å². The van der Waals surface area contributed by atoms with E-state index in [4.69, 9.17) is 16.7 Å². The van der Waals surface area contributed by atoms with Crippen molar-refractivity contribution in [2.75, 3.05) is 0 Å². The number of hydrogen-bond acceptors (Lipinski definition) is 7. The lowest BCUT2D eigenvalue weighted by molar-refractivity contribution is 0.475. The maximum Gasteiger partial charge on any atom is 0.238 e. The largest absolute Gasteiger partial charge is 0.506 e. The van der Waals surface area contributed by atoms with Crippen molar-refractivity contribution in [3.05, 3.63) is 41.4 Å². The summed E-state index contributed by atoms with van der Waals surface area (Å²) < 4.78 is 27.0. The summed E-state index contributed by atoms with van der Waals surface area (Å²) in [6, 6.07) is 8.76. The van der Waals surface area contributed by atoms with E-state index in [1.54, 1.807) is 12.1 Å². The minimum Gasteiger partial charge on any atom is -0.506 e. The van der Waals surface area contributed by atoms with Gasteiger partial charge in [0, 0.05) is 5.39 Å². The van der Waals surface area contributed by atoms with Gasteiger partial charge >= 0.3 is 0 Å². The molecule has 0 saturated carbocycles. The van der Waals surface area contributed by atoms with E-state index in [0.29, 0.717) is 21.6 Å². The summed E-state index contributed by atoms with van der Waals surface area (Å²) in [5.41, 5.74) is 1.04. The molecule has 0 unspecified atom stereocenters. The summed E-state index contributed by atoms with van der Waals surface area (Å²) >= 11 is 6.88. The van der Waals surface area contributed by atoms with E-state index in [0.717, 1.165) is 11.5 Å². The second-order valence-electron chi connectivity index (χ2n) is 4.55. The SMILES string of the molecule is NS(=O)(=O)c1ccc2nsc(N=Nc3ccc(O)c(Cl)c3)c2c1. The van der Waals surface area contributed by atoms with Crippen LogP contribution in [-0.2, 0) is 10.0 Å². The van der Waals surface area contributed by atoms with Gasteiger partial charge in [0.05, 0.1) is 21.1 Å². The predicted octanol–water partition coefficient (Wildman–Crippen LogP) is 3.72. The van der Waals surface area contributed by atoms with Gasteiger partial charge in [0.1, 0.15) is 5.75 Å². The van der Waals surface area contributed by atoms with Crippen LogP contribution in [0.4, 0.5) is 10.7 Å². The number of sulfonamides is 1. The average molecular weight is 369 g/mol. The molecule has 0 aliphatic heterocycles. The lowest BCUT2D eigenvalue weighted by Gasteiger charge is -1.98. The molecular formula is C13H9ClN4O3S2. The molecule has 0 radical (unpaired) electrons. The lowest BCUT2D eigenvalue weighted by Crippen LogP contribution is -2.11. The van der Waals surface area contributed by atoms with Crippen molar-refractivity contribution in [1.29, 1.82) is 0 Å². The van der Waals surface area contributed by atoms with Gasteiger partial charge in [0.2, 0.25) is 10.0 Å². The molecule has 0 bridgehead atoms. The molecule has 0 saturated heterocycles. The van der Waals surface area contributed by atoms with Crippen molar-refractivity contribution in [3.8, 4) is 5.75 Å². The lowest BCUT2D eigenvalue weighted by atomic mass is 10.2. The first kappa shape index (κ1) is 15.8. The maximum atomic E-state index is 11.4. The highest BCUT2D eigenvalue weighted by Crippen LogP contribution is 2.34. The Morgan fingerprint density at radius 2 is 1.96 bits per heavy atom. The van der Waals surface area contributed by atoms with Gasteiger partial charge in [0.25, 0.3) is 0 Å². The van der Waals surface area contributed by atoms with Crippen molar-refractivity contribution >= 4 is 54.7 Å². The first-order valence-electron chi connectivity index (χ1n) is 6.17. The van der Waals surface area contributed by atoms with Gasteiger partial charge in [-0.25, -0.2) is 13.6 Å². The first-order valence-corrected chi connectivity index (χ1v) is 8.87. The number of phenols is 1. The fourth-order valence-electron chi connectivity index (χ4n) is 1.82. The first-order chi connectivity index (χ1) is 10.8. The number of nitrogens with zero attached hydrogens (tertiary/aromatic N) is 3. The Hall–Kier alpha value is -2.07. The quantitative estimate of drug-likeness (QED) is 0.684. The third-order valence-corrected chi connectivity index (χ3v) is 4.92. The molecule has 23 heavy (non-hydrogen) atoms. The standard InChI is InChI=1S/C13H9ClN4O3S2/c14-10-5-7(1-4-12(10)19)16-17-13-9-6-8(23(15,20)21)2-3-11(9)18-22-13/h1-6,19H,(H2,15,20,21). The number of fused-ring (bicyclic) bond motifs is 1. The molecule has 7 nitrogen and oxygen atoms in total. The zero-order valence-corrected chi connectivity index (χ0v) is 13.7. The van der Waals surface area contributed by atoms with Crippen molar-refractivity contribution in [2.45, 2.75) is 4.90 Å². The number of primary sulfonamides is 1. The molecule has 0 fully saturated rings. The Kier molecular flexibility index (Phi) is 4.02. The van der Waals surface area contributed by atoms with Crippen LogP contribution in [0.15, 0.2) is 51.5 Å². The molecule has 0 spiro atoms. The summed E-state index contributed by atoms with van der Waals surface area (Å²) in [7, 11) is -3.81. The Morgan fingerprint density at radius 1 is 1.17 bits per heavy atom. The number of rotatable bonds is 3. The fourth-order valence-corrected chi connectivity index (χ4v) is 3.22. The number of aromatic nitrogens is 1. The Labute approximate surface area is 140 Å². The zero-order chi connectivity index (χ0) is 16.6. The minimum atomic E-state index is -3.81. The summed E-state index contributed by atoms with van der Waals surface area (Å²) in [5.74, 6) is -0.0494. The van der Waals surface area contributed by atoms with Gasteiger partial charge in [0.15, 0.2) is 5.00 Å². The van der Waals surface area contributed by atoms with Crippen LogP contribution in [0.5, 0.6) is 5.75 Å². The fraction of sp³-hybridized carbons (Fsp3) is 0. The van der Waals surface area contributed by atoms with Crippen LogP contribution >= 0.6 is 23.1 Å². The third kappa shape index (κ3) is 3.32.